The Kier molecular flexibility index (Phi) is 7.78. The van der Waals surface area contributed by atoms with Crippen LogP contribution in [0.4, 0.5) is 4.79 Å². The predicted molar refractivity (Wildman–Crippen MR) is 98.5 cm³/mol. The SMILES string of the molecule is CC(C)C(OC(=O)OCC1(CC(=O)O)CCCCC1)OC(=O)c1cccnc1. The molecule has 154 valence electrons. The Bertz CT molecular complexity index is 668. The normalized spacial score (nSPS) is 16.8. The maximum Gasteiger partial charge on any atom is 0.511 e. The second kappa shape index (κ2) is 10.1. The molecule has 0 amide bonds. The van der Waals surface area contributed by atoms with Gasteiger partial charge in [-0.05, 0) is 25.0 Å². The van der Waals surface area contributed by atoms with Crippen LogP contribution in [0, 0.1) is 11.3 Å². The lowest BCUT2D eigenvalue weighted by Gasteiger charge is -2.35. The molecule has 1 aliphatic carbocycles. The molecule has 0 radical (unpaired) electrons. The highest BCUT2D eigenvalue weighted by atomic mass is 16.8. The van der Waals surface area contributed by atoms with Crippen molar-refractivity contribution in [3.63, 3.8) is 0 Å². The summed E-state index contributed by atoms with van der Waals surface area (Å²) in [4.78, 5) is 39.4. The van der Waals surface area contributed by atoms with Crippen LogP contribution in [0.3, 0.4) is 0 Å². The van der Waals surface area contributed by atoms with Crippen LogP contribution in [-0.4, -0.2) is 41.1 Å². The molecule has 1 heterocycles. The average Bonchev–Trinajstić information content (AvgIpc) is 2.66. The van der Waals surface area contributed by atoms with Crippen LogP contribution in [0.25, 0.3) is 0 Å². The summed E-state index contributed by atoms with van der Waals surface area (Å²) in [5.41, 5.74) is -0.323. The largest absolute Gasteiger partial charge is 0.511 e. The number of hydrogen-bond donors (Lipinski definition) is 1. The predicted octanol–water partition coefficient (Wildman–Crippen LogP) is 3.80. The molecule has 0 aliphatic heterocycles. The molecule has 1 aromatic heterocycles. The number of nitrogens with zero attached hydrogens (tertiary/aromatic N) is 1. The van der Waals surface area contributed by atoms with E-state index < -0.39 is 29.8 Å². The van der Waals surface area contributed by atoms with E-state index in [2.05, 4.69) is 4.98 Å². The minimum absolute atomic E-state index is 0.0283. The maximum atomic E-state index is 12.2. The molecule has 8 nitrogen and oxygen atoms in total. The van der Waals surface area contributed by atoms with Crippen LogP contribution in [0.1, 0.15) is 62.7 Å². The fourth-order valence-electron chi connectivity index (χ4n) is 3.29. The summed E-state index contributed by atoms with van der Waals surface area (Å²) in [7, 11) is 0. The lowest BCUT2D eigenvalue weighted by molar-refractivity contribution is -0.143. The number of carboxylic acids is 1. The third-order valence-corrected chi connectivity index (χ3v) is 4.81. The van der Waals surface area contributed by atoms with E-state index in [0.717, 1.165) is 19.3 Å². The lowest BCUT2D eigenvalue weighted by atomic mass is 9.72. The van der Waals surface area contributed by atoms with Gasteiger partial charge in [-0.25, -0.2) is 9.59 Å². The van der Waals surface area contributed by atoms with Crippen molar-refractivity contribution in [3.8, 4) is 0 Å². The first-order valence-corrected chi connectivity index (χ1v) is 9.47. The van der Waals surface area contributed by atoms with E-state index in [1.54, 1.807) is 26.0 Å². The molecule has 0 bridgehead atoms. The fourth-order valence-corrected chi connectivity index (χ4v) is 3.29. The number of carbonyl (C=O) groups excluding carboxylic acids is 2. The first-order chi connectivity index (χ1) is 13.3. The van der Waals surface area contributed by atoms with E-state index in [0.29, 0.717) is 12.8 Å². The van der Waals surface area contributed by atoms with E-state index >= 15 is 0 Å². The van der Waals surface area contributed by atoms with Crippen molar-refractivity contribution in [2.75, 3.05) is 6.61 Å². The molecule has 1 aliphatic rings. The molecule has 0 spiro atoms. The fraction of sp³-hybridized carbons (Fsp3) is 0.600. The van der Waals surface area contributed by atoms with Crippen LogP contribution in [0.2, 0.25) is 0 Å². The number of aliphatic carboxylic acids is 1. The van der Waals surface area contributed by atoms with Crippen molar-refractivity contribution in [1.29, 1.82) is 0 Å². The second-order valence-corrected chi connectivity index (χ2v) is 7.55. The van der Waals surface area contributed by atoms with Gasteiger partial charge in [0.15, 0.2) is 0 Å². The molecule has 1 fully saturated rings. The van der Waals surface area contributed by atoms with Crippen LogP contribution < -0.4 is 0 Å². The highest BCUT2D eigenvalue weighted by Crippen LogP contribution is 2.39. The van der Waals surface area contributed by atoms with Crippen LogP contribution in [0.15, 0.2) is 24.5 Å². The van der Waals surface area contributed by atoms with Crippen molar-refractivity contribution < 1.29 is 33.7 Å². The number of pyridine rings is 1. The standard InChI is InChI=1S/C20H27NO7/c1-14(2)18(27-17(24)15-7-6-10-21-12-15)28-19(25)26-13-20(11-16(22)23)8-4-3-5-9-20/h6-7,10,12,14,18H,3-5,8-9,11,13H2,1-2H3,(H,22,23). The number of carbonyl (C=O) groups is 3. The van der Waals surface area contributed by atoms with E-state index in [1.165, 1.54) is 12.4 Å². The van der Waals surface area contributed by atoms with E-state index in [4.69, 9.17) is 14.2 Å². The average molecular weight is 393 g/mol. The number of carboxylic acid groups (broad SMARTS) is 1. The van der Waals surface area contributed by atoms with Crippen LogP contribution >= 0.6 is 0 Å². The molecule has 1 N–H and O–H groups in total. The van der Waals surface area contributed by atoms with E-state index in [9.17, 15) is 19.5 Å². The first kappa shape index (κ1) is 21.7. The smallest absolute Gasteiger partial charge is 0.481 e. The Labute approximate surface area is 164 Å². The number of esters is 1. The molecule has 8 heteroatoms. The van der Waals surface area contributed by atoms with Gasteiger partial charge in [-0.15, -0.1) is 0 Å². The second-order valence-electron chi connectivity index (χ2n) is 7.55. The van der Waals surface area contributed by atoms with E-state index in [1.807, 2.05) is 0 Å². The Morgan fingerprint density at radius 3 is 2.46 bits per heavy atom. The van der Waals surface area contributed by atoms with Crippen LogP contribution in [-0.2, 0) is 19.0 Å². The first-order valence-electron chi connectivity index (χ1n) is 9.47. The molecule has 1 aromatic rings. The van der Waals surface area contributed by atoms with Gasteiger partial charge in [0.25, 0.3) is 6.29 Å². The van der Waals surface area contributed by atoms with Gasteiger partial charge in [0, 0.05) is 23.7 Å². The minimum Gasteiger partial charge on any atom is -0.481 e. The quantitative estimate of drug-likeness (QED) is 0.524. The van der Waals surface area contributed by atoms with Gasteiger partial charge in [0.1, 0.15) is 6.61 Å². The molecule has 2 rings (SSSR count). The number of ether oxygens (including phenoxy) is 3. The van der Waals surface area contributed by atoms with Gasteiger partial charge in [-0.3, -0.25) is 9.78 Å². The minimum atomic E-state index is -1.12. The van der Waals surface area contributed by atoms with Crippen molar-refractivity contribution in [1.82, 2.24) is 4.98 Å². The molecule has 1 unspecified atom stereocenters. The van der Waals surface area contributed by atoms with Crippen molar-refractivity contribution in [2.24, 2.45) is 11.3 Å². The Morgan fingerprint density at radius 2 is 1.89 bits per heavy atom. The van der Waals surface area contributed by atoms with E-state index in [-0.39, 0.29) is 24.5 Å². The highest BCUT2D eigenvalue weighted by Gasteiger charge is 2.36. The summed E-state index contributed by atoms with van der Waals surface area (Å²) in [5.74, 6) is -1.87. The van der Waals surface area contributed by atoms with Crippen molar-refractivity contribution in [2.45, 2.75) is 58.7 Å². The Morgan fingerprint density at radius 1 is 1.18 bits per heavy atom. The molecular formula is C20H27NO7. The van der Waals surface area contributed by atoms with Gasteiger partial charge >= 0.3 is 18.1 Å². The van der Waals surface area contributed by atoms with Gasteiger partial charge < -0.3 is 19.3 Å². The number of aromatic nitrogens is 1. The third kappa shape index (κ3) is 6.51. The lowest BCUT2D eigenvalue weighted by Crippen LogP contribution is -2.35. The molecule has 0 aromatic carbocycles. The molecule has 28 heavy (non-hydrogen) atoms. The zero-order valence-electron chi connectivity index (χ0n) is 16.3. The monoisotopic (exact) mass is 393 g/mol. The topological polar surface area (TPSA) is 112 Å². The summed E-state index contributed by atoms with van der Waals surface area (Å²) in [5, 5.41) is 9.19. The molecule has 1 saturated carbocycles. The molecular weight excluding hydrogens is 366 g/mol. The van der Waals surface area contributed by atoms with Crippen LogP contribution in [0.5, 0.6) is 0 Å². The van der Waals surface area contributed by atoms with Gasteiger partial charge in [-0.2, -0.15) is 0 Å². The summed E-state index contributed by atoms with van der Waals surface area (Å²) in [6, 6.07) is 3.14. The van der Waals surface area contributed by atoms with Gasteiger partial charge in [0.05, 0.1) is 12.0 Å². The zero-order chi connectivity index (χ0) is 20.6. The summed E-state index contributed by atoms with van der Waals surface area (Å²) in [6.07, 6.45) is 4.97. The summed E-state index contributed by atoms with van der Waals surface area (Å²) >= 11 is 0. The molecule has 1 atom stereocenters. The van der Waals surface area contributed by atoms with Crippen molar-refractivity contribution in [3.05, 3.63) is 30.1 Å². The third-order valence-electron chi connectivity index (χ3n) is 4.81. The summed E-state index contributed by atoms with van der Waals surface area (Å²) in [6.45, 7) is 3.45. The highest BCUT2D eigenvalue weighted by molar-refractivity contribution is 5.89. The Balaban J connectivity index is 1.92. The van der Waals surface area contributed by atoms with Gasteiger partial charge in [0.2, 0.25) is 0 Å². The van der Waals surface area contributed by atoms with Crippen molar-refractivity contribution >= 4 is 18.1 Å². The number of rotatable bonds is 8. The maximum absolute atomic E-state index is 12.2. The zero-order valence-corrected chi connectivity index (χ0v) is 16.3. The van der Waals surface area contributed by atoms with Gasteiger partial charge in [-0.1, -0.05) is 33.1 Å². The summed E-state index contributed by atoms with van der Waals surface area (Å²) < 4.78 is 15.7. The molecule has 0 saturated heterocycles. The number of hydrogen-bond acceptors (Lipinski definition) is 7. The Hall–Kier alpha value is -2.64.